The lowest BCUT2D eigenvalue weighted by molar-refractivity contribution is -0.131. The van der Waals surface area contributed by atoms with E-state index in [-0.39, 0.29) is 5.91 Å². The first-order valence-corrected chi connectivity index (χ1v) is 8.37. The molecule has 3 N–H and O–H groups in total. The molecule has 2 fully saturated rings. The zero-order valence-corrected chi connectivity index (χ0v) is 13.7. The van der Waals surface area contributed by atoms with Crippen LogP contribution in [0.3, 0.4) is 0 Å². The summed E-state index contributed by atoms with van der Waals surface area (Å²) in [6, 6.07) is 0. The van der Waals surface area contributed by atoms with Gasteiger partial charge >= 0.3 is 0 Å². The van der Waals surface area contributed by atoms with E-state index >= 15 is 0 Å². The first kappa shape index (κ1) is 16.6. The number of nitrogens with one attached hydrogen (secondary N) is 1. The monoisotopic (exact) mass is 313 g/mol. The maximum Gasteiger partial charge on any atom is 0.233 e. The number of amides is 1. The lowest BCUT2D eigenvalue weighted by Crippen LogP contribution is -2.53. The van der Waals surface area contributed by atoms with Crippen molar-refractivity contribution in [2.24, 2.45) is 17.1 Å². The van der Waals surface area contributed by atoms with Crippen molar-refractivity contribution >= 4 is 23.1 Å². The zero-order chi connectivity index (χ0) is 15.3. The van der Waals surface area contributed by atoms with Gasteiger partial charge in [-0.2, -0.15) is 0 Å². The third-order valence-corrected chi connectivity index (χ3v) is 5.35. The molecule has 0 atom stereocenters. The molecule has 0 radical (unpaired) electrons. The van der Waals surface area contributed by atoms with Gasteiger partial charge in [-0.25, -0.2) is 0 Å². The van der Waals surface area contributed by atoms with E-state index in [0.29, 0.717) is 37.0 Å². The predicted molar refractivity (Wildman–Crippen MR) is 87.1 cm³/mol. The average Bonchev–Trinajstić information content (AvgIpc) is 2.53. The molecule has 0 aliphatic carbocycles. The Balaban J connectivity index is 1.84. The number of rotatable bonds is 5. The standard InChI is InChI=1S/C15H27N3O2S/c1-2-18-7-3-12(4-8-18)11-17-14(19)15(13(16)21)5-9-20-10-6-15/h12H,2-11H2,1H3,(H2,16,21)(H,17,19). The second kappa shape index (κ2) is 7.51. The van der Waals surface area contributed by atoms with Crippen LogP contribution in [0.15, 0.2) is 0 Å². The molecule has 120 valence electrons. The number of carbonyl (C=O) groups is 1. The molecule has 2 heterocycles. The van der Waals surface area contributed by atoms with Gasteiger partial charge in [-0.05, 0) is 51.2 Å². The van der Waals surface area contributed by atoms with Crippen LogP contribution in [0.2, 0.25) is 0 Å². The highest BCUT2D eigenvalue weighted by Crippen LogP contribution is 2.31. The number of piperidine rings is 1. The number of likely N-dealkylation sites (tertiary alicyclic amines) is 1. The van der Waals surface area contributed by atoms with Crippen molar-refractivity contribution in [2.75, 3.05) is 39.4 Å². The van der Waals surface area contributed by atoms with E-state index in [1.54, 1.807) is 0 Å². The summed E-state index contributed by atoms with van der Waals surface area (Å²) in [4.78, 5) is 15.3. The molecule has 6 heteroatoms. The van der Waals surface area contributed by atoms with Crippen molar-refractivity contribution in [3.8, 4) is 0 Å². The minimum atomic E-state index is -0.697. The van der Waals surface area contributed by atoms with Gasteiger partial charge in [0.25, 0.3) is 0 Å². The van der Waals surface area contributed by atoms with Crippen LogP contribution < -0.4 is 11.1 Å². The molecule has 5 nitrogen and oxygen atoms in total. The first-order valence-electron chi connectivity index (χ1n) is 7.97. The van der Waals surface area contributed by atoms with Gasteiger partial charge in [0, 0.05) is 19.8 Å². The Kier molecular flexibility index (Phi) is 5.96. The maximum atomic E-state index is 12.6. The van der Waals surface area contributed by atoms with Crippen molar-refractivity contribution in [1.82, 2.24) is 10.2 Å². The Bertz CT molecular complexity index is 375. The van der Waals surface area contributed by atoms with Crippen molar-refractivity contribution in [3.05, 3.63) is 0 Å². The molecule has 2 rings (SSSR count). The van der Waals surface area contributed by atoms with Crippen LogP contribution in [0, 0.1) is 11.3 Å². The van der Waals surface area contributed by atoms with Crippen molar-refractivity contribution < 1.29 is 9.53 Å². The Labute approximate surface area is 132 Å². The van der Waals surface area contributed by atoms with Gasteiger partial charge in [-0.15, -0.1) is 0 Å². The quantitative estimate of drug-likeness (QED) is 0.739. The van der Waals surface area contributed by atoms with Crippen molar-refractivity contribution in [3.63, 3.8) is 0 Å². The molecule has 0 spiro atoms. The van der Waals surface area contributed by atoms with Gasteiger partial charge in [-0.3, -0.25) is 4.79 Å². The number of thiocarbonyl (C=S) groups is 1. The van der Waals surface area contributed by atoms with Crippen LogP contribution >= 0.6 is 12.2 Å². The van der Waals surface area contributed by atoms with E-state index in [9.17, 15) is 4.79 Å². The topological polar surface area (TPSA) is 67.6 Å². The second-order valence-corrected chi connectivity index (χ2v) is 6.59. The highest BCUT2D eigenvalue weighted by molar-refractivity contribution is 7.80. The summed E-state index contributed by atoms with van der Waals surface area (Å²) in [5.41, 5.74) is 5.16. The Morgan fingerprint density at radius 1 is 1.38 bits per heavy atom. The highest BCUT2D eigenvalue weighted by atomic mass is 32.1. The van der Waals surface area contributed by atoms with Crippen LogP contribution in [0.1, 0.15) is 32.6 Å². The van der Waals surface area contributed by atoms with Gasteiger partial charge in [0.15, 0.2) is 0 Å². The van der Waals surface area contributed by atoms with Crippen LogP contribution in [0.25, 0.3) is 0 Å². The van der Waals surface area contributed by atoms with E-state index in [4.69, 9.17) is 22.7 Å². The fourth-order valence-corrected chi connectivity index (χ4v) is 3.52. The fraction of sp³-hybridized carbons (Fsp3) is 0.867. The largest absolute Gasteiger partial charge is 0.392 e. The number of ether oxygens (including phenoxy) is 1. The SMILES string of the molecule is CCN1CCC(CNC(=O)C2(C(N)=S)CCOCC2)CC1. The van der Waals surface area contributed by atoms with Crippen LogP contribution in [-0.2, 0) is 9.53 Å². The van der Waals surface area contributed by atoms with E-state index in [2.05, 4.69) is 17.1 Å². The summed E-state index contributed by atoms with van der Waals surface area (Å²) in [7, 11) is 0. The molecule has 2 aliphatic rings. The number of hydrogen-bond acceptors (Lipinski definition) is 4. The molecule has 0 unspecified atom stereocenters. The average molecular weight is 313 g/mol. The Morgan fingerprint density at radius 3 is 2.52 bits per heavy atom. The van der Waals surface area contributed by atoms with E-state index < -0.39 is 5.41 Å². The molecule has 0 saturated carbocycles. The normalized spacial score (nSPS) is 23.7. The molecule has 2 saturated heterocycles. The summed E-state index contributed by atoms with van der Waals surface area (Å²) in [5, 5.41) is 3.10. The van der Waals surface area contributed by atoms with Gasteiger partial charge in [0.1, 0.15) is 5.41 Å². The summed E-state index contributed by atoms with van der Waals surface area (Å²) in [5.74, 6) is 0.566. The minimum Gasteiger partial charge on any atom is -0.392 e. The Morgan fingerprint density at radius 2 is 2.00 bits per heavy atom. The van der Waals surface area contributed by atoms with Gasteiger partial charge in [0.2, 0.25) is 5.91 Å². The van der Waals surface area contributed by atoms with Crippen molar-refractivity contribution in [2.45, 2.75) is 32.6 Å². The van der Waals surface area contributed by atoms with Gasteiger partial charge < -0.3 is 20.7 Å². The molecular formula is C15H27N3O2S. The van der Waals surface area contributed by atoms with Crippen LogP contribution in [0.5, 0.6) is 0 Å². The lowest BCUT2D eigenvalue weighted by Gasteiger charge is -2.36. The van der Waals surface area contributed by atoms with Crippen LogP contribution in [-0.4, -0.2) is 55.2 Å². The number of carbonyl (C=O) groups excluding carboxylic acids is 1. The zero-order valence-electron chi connectivity index (χ0n) is 12.9. The summed E-state index contributed by atoms with van der Waals surface area (Å²) >= 11 is 5.16. The lowest BCUT2D eigenvalue weighted by atomic mass is 9.79. The third-order valence-electron chi connectivity index (χ3n) is 4.96. The summed E-state index contributed by atoms with van der Waals surface area (Å²) in [6.45, 7) is 7.42. The van der Waals surface area contributed by atoms with E-state index in [1.165, 1.54) is 0 Å². The molecule has 0 aromatic heterocycles. The molecule has 0 aromatic carbocycles. The maximum absolute atomic E-state index is 12.6. The predicted octanol–water partition coefficient (Wildman–Crippen LogP) is 0.917. The number of nitrogens with two attached hydrogens (primary N) is 1. The summed E-state index contributed by atoms with van der Waals surface area (Å²) in [6.07, 6.45) is 3.50. The van der Waals surface area contributed by atoms with Gasteiger partial charge in [-0.1, -0.05) is 19.1 Å². The fourth-order valence-electron chi connectivity index (χ4n) is 3.22. The molecule has 1 amide bonds. The van der Waals surface area contributed by atoms with Gasteiger partial charge in [0.05, 0.1) is 4.99 Å². The molecule has 0 aromatic rings. The second-order valence-electron chi connectivity index (χ2n) is 6.15. The molecular weight excluding hydrogens is 286 g/mol. The number of hydrogen-bond donors (Lipinski definition) is 2. The van der Waals surface area contributed by atoms with Crippen LogP contribution in [0.4, 0.5) is 0 Å². The minimum absolute atomic E-state index is 0.00350. The van der Waals surface area contributed by atoms with Crippen molar-refractivity contribution in [1.29, 1.82) is 0 Å². The third kappa shape index (κ3) is 3.93. The smallest absolute Gasteiger partial charge is 0.233 e. The molecule has 0 bridgehead atoms. The summed E-state index contributed by atoms with van der Waals surface area (Å²) < 4.78 is 5.34. The number of nitrogens with zero attached hydrogens (tertiary/aromatic N) is 1. The van der Waals surface area contributed by atoms with E-state index in [1.807, 2.05) is 0 Å². The molecule has 2 aliphatic heterocycles. The first-order chi connectivity index (χ1) is 10.1. The Hall–Kier alpha value is -0.720. The highest BCUT2D eigenvalue weighted by Gasteiger charge is 2.43. The van der Waals surface area contributed by atoms with E-state index in [0.717, 1.165) is 39.0 Å². The molecule has 21 heavy (non-hydrogen) atoms.